The largest absolute Gasteiger partial charge is 0.388 e. The molecule has 17 heteroatoms. The molecule has 224 valence electrons. The van der Waals surface area contributed by atoms with E-state index >= 15 is 0 Å². The number of nitrogens with one attached hydrogen (secondary N) is 5. The van der Waals surface area contributed by atoms with E-state index in [1.54, 1.807) is 53.4 Å². The van der Waals surface area contributed by atoms with E-state index in [1.807, 2.05) is 0 Å². The van der Waals surface area contributed by atoms with Gasteiger partial charge in [0.25, 0.3) is 17.7 Å². The molecule has 3 heterocycles. The lowest BCUT2D eigenvalue weighted by atomic mass is 10.3. The topological polar surface area (TPSA) is 207 Å². The summed E-state index contributed by atoms with van der Waals surface area (Å²) < 4.78 is 4.67. The molecular formula is C24H34Cl2N10O4S. The SMILES string of the molecule is Cl.Cl.Cn1cc(NC(=O)c2cc(NC(=O)c3cc(NC(=O)[C@@H](N)CS)cn3C)cn2C)cc1C(=O)NCCC(=N)N. The van der Waals surface area contributed by atoms with Gasteiger partial charge in [-0.15, -0.1) is 24.8 Å². The van der Waals surface area contributed by atoms with Crippen LogP contribution in [0, 0.1) is 5.41 Å². The number of nitrogens with zero attached hydrogens (tertiary/aromatic N) is 3. The lowest BCUT2D eigenvalue weighted by Crippen LogP contribution is -2.36. The molecule has 0 saturated heterocycles. The zero-order valence-electron chi connectivity index (χ0n) is 22.6. The van der Waals surface area contributed by atoms with Gasteiger partial charge < -0.3 is 46.4 Å². The molecule has 9 N–H and O–H groups in total. The maximum atomic E-state index is 12.9. The molecule has 0 saturated carbocycles. The van der Waals surface area contributed by atoms with Crippen molar-refractivity contribution in [2.75, 3.05) is 28.2 Å². The molecule has 0 spiro atoms. The van der Waals surface area contributed by atoms with Gasteiger partial charge in [0.15, 0.2) is 0 Å². The number of aromatic nitrogens is 3. The molecule has 3 aromatic rings. The predicted molar refractivity (Wildman–Crippen MR) is 166 cm³/mol. The minimum absolute atomic E-state index is 0. The third-order valence-corrected chi connectivity index (χ3v) is 6.10. The molecule has 0 aromatic carbocycles. The Bertz CT molecular complexity index is 1430. The summed E-state index contributed by atoms with van der Waals surface area (Å²) in [5, 5.41) is 18.0. The van der Waals surface area contributed by atoms with Crippen molar-refractivity contribution < 1.29 is 19.2 Å². The Hall–Kier alpha value is -3.92. The Morgan fingerprint density at radius 2 is 1.20 bits per heavy atom. The fourth-order valence-corrected chi connectivity index (χ4v) is 3.85. The molecule has 0 radical (unpaired) electrons. The lowest BCUT2D eigenvalue weighted by Gasteiger charge is -2.07. The number of carbonyl (C=O) groups excluding carboxylic acids is 4. The van der Waals surface area contributed by atoms with Gasteiger partial charge in [-0.2, -0.15) is 12.6 Å². The second-order valence-electron chi connectivity index (χ2n) is 8.89. The van der Waals surface area contributed by atoms with Crippen LogP contribution in [0.4, 0.5) is 17.1 Å². The van der Waals surface area contributed by atoms with Crippen molar-refractivity contribution >= 4 is 84.0 Å². The third-order valence-electron chi connectivity index (χ3n) is 5.71. The van der Waals surface area contributed by atoms with Gasteiger partial charge in [0.1, 0.15) is 17.1 Å². The van der Waals surface area contributed by atoms with Crippen LogP contribution in [0.25, 0.3) is 0 Å². The monoisotopic (exact) mass is 628 g/mol. The van der Waals surface area contributed by atoms with Gasteiger partial charge in [0.2, 0.25) is 5.91 Å². The first-order valence-corrected chi connectivity index (χ1v) is 12.4. The van der Waals surface area contributed by atoms with E-state index in [-0.39, 0.29) is 66.7 Å². The average Bonchev–Trinajstić information content (AvgIpc) is 3.53. The molecule has 14 nitrogen and oxygen atoms in total. The molecule has 41 heavy (non-hydrogen) atoms. The summed E-state index contributed by atoms with van der Waals surface area (Å²) in [4.78, 5) is 50.2. The predicted octanol–water partition coefficient (Wildman–Crippen LogP) is 1.30. The fraction of sp³-hybridized carbons (Fsp3) is 0.292. The molecule has 0 aliphatic carbocycles. The Kier molecular flexibility index (Phi) is 13.0. The van der Waals surface area contributed by atoms with Crippen LogP contribution < -0.4 is 32.7 Å². The summed E-state index contributed by atoms with van der Waals surface area (Å²) in [5.74, 6) is -1.52. The van der Waals surface area contributed by atoms with E-state index in [9.17, 15) is 19.2 Å². The van der Waals surface area contributed by atoms with Crippen LogP contribution in [-0.2, 0) is 25.9 Å². The number of halogens is 2. The van der Waals surface area contributed by atoms with Crippen LogP contribution in [-0.4, -0.2) is 61.5 Å². The number of thiol groups is 1. The highest BCUT2D eigenvalue weighted by Crippen LogP contribution is 2.19. The number of carbonyl (C=O) groups is 4. The van der Waals surface area contributed by atoms with Crippen LogP contribution >= 0.6 is 37.4 Å². The van der Waals surface area contributed by atoms with Crippen LogP contribution in [0.3, 0.4) is 0 Å². The van der Waals surface area contributed by atoms with E-state index in [1.165, 1.54) is 18.2 Å². The second-order valence-corrected chi connectivity index (χ2v) is 9.26. The van der Waals surface area contributed by atoms with Crippen molar-refractivity contribution in [1.29, 1.82) is 5.41 Å². The molecular weight excluding hydrogens is 595 g/mol. The van der Waals surface area contributed by atoms with Gasteiger partial charge in [-0.25, -0.2) is 0 Å². The Morgan fingerprint density at radius 1 is 0.805 bits per heavy atom. The van der Waals surface area contributed by atoms with Gasteiger partial charge in [0, 0.05) is 58.5 Å². The van der Waals surface area contributed by atoms with Crippen molar-refractivity contribution in [3.05, 3.63) is 53.9 Å². The zero-order chi connectivity index (χ0) is 28.9. The summed E-state index contributed by atoms with van der Waals surface area (Å²) in [7, 11) is 4.98. The first-order valence-electron chi connectivity index (χ1n) is 11.8. The third kappa shape index (κ3) is 9.04. The molecule has 1 atom stereocenters. The summed E-state index contributed by atoms with van der Waals surface area (Å²) in [6.07, 6.45) is 5.00. The van der Waals surface area contributed by atoms with Crippen LogP contribution in [0.2, 0.25) is 0 Å². The van der Waals surface area contributed by atoms with Gasteiger partial charge in [-0.3, -0.25) is 24.6 Å². The van der Waals surface area contributed by atoms with Gasteiger partial charge in [-0.05, 0) is 18.2 Å². The highest BCUT2D eigenvalue weighted by molar-refractivity contribution is 7.80. The molecule has 0 unspecified atom stereocenters. The van der Waals surface area contributed by atoms with E-state index in [0.717, 1.165) is 0 Å². The molecule has 3 aromatic heterocycles. The summed E-state index contributed by atoms with van der Waals surface area (Å²) >= 11 is 4.01. The van der Waals surface area contributed by atoms with Gasteiger partial charge in [-0.1, -0.05) is 0 Å². The number of anilines is 3. The maximum Gasteiger partial charge on any atom is 0.272 e. The highest BCUT2D eigenvalue weighted by atomic mass is 35.5. The Balaban J connectivity index is 0.00000420. The van der Waals surface area contributed by atoms with Crippen molar-refractivity contribution in [2.45, 2.75) is 12.5 Å². The van der Waals surface area contributed by atoms with Crippen LogP contribution in [0.15, 0.2) is 36.8 Å². The molecule has 0 bridgehead atoms. The van der Waals surface area contributed by atoms with Crippen molar-refractivity contribution in [3.63, 3.8) is 0 Å². The number of hydrogen-bond acceptors (Lipinski definition) is 7. The summed E-state index contributed by atoms with van der Waals surface area (Å²) in [5.41, 5.74) is 13.0. The lowest BCUT2D eigenvalue weighted by molar-refractivity contribution is -0.116. The number of nitrogens with two attached hydrogens (primary N) is 2. The molecule has 4 amide bonds. The quantitative estimate of drug-likeness (QED) is 0.0891. The zero-order valence-corrected chi connectivity index (χ0v) is 25.1. The minimum Gasteiger partial charge on any atom is -0.388 e. The van der Waals surface area contributed by atoms with Crippen LogP contribution in [0.5, 0.6) is 0 Å². The van der Waals surface area contributed by atoms with Gasteiger partial charge >= 0.3 is 0 Å². The number of amides is 4. The molecule has 0 fully saturated rings. The summed E-state index contributed by atoms with van der Waals surface area (Å²) in [6.45, 7) is 0.224. The number of rotatable bonds is 11. The normalized spacial score (nSPS) is 11.0. The molecule has 0 aliphatic rings. The molecule has 3 rings (SSSR count). The number of aryl methyl sites for hydroxylation is 3. The molecule has 0 aliphatic heterocycles. The number of hydrogen-bond donors (Lipinski definition) is 8. The van der Waals surface area contributed by atoms with E-state index < -0.39 is 23.8 Å². The Labute approximate surface area is 254 Å². The summed E-state index contributed by atoms with van der Waals surface area (Å²) in [6, 6.07) is 3.78. The van der Waals surface area contributed by atoms with Crippen LogP contribution in [0.1, 0.15) is 37.9 Å². The van der Waals surface area contributed by atoms with Crippen molar-refractivity contribution in [3.8, 4) is 0 Å². The Morgan fingerprint density at radius 3 is 1.59 bits per heavy atom. The first kappa shape index (κ1) is 35.1. The van der Waals surface area contributed by atoms with E-state index in [2.05, 4.69) is 33.9 Å². The van der Waals surface area contributed by atoms with Crippen molar-refractivity contribution in [1.82, 2.24) is 19.0 Å². The van der Waals surface area contributed by atoms with E-state index in [4.69, 9.17) is 16.9 Å². The standard InChI is InChI=1S/C24H32N10O4S.2ClH/c1-32-10-14(6-17(32)22(36)28-5-4-20(26)27)30-24(38)19-8-15(11-34(19)3)31-23(37)18-7-13(9-33(18)2)29-21(35)16(25)12-39;;/h6-11,16,39H,4-5,12,25H2,1-3H3,(H3,26,27)(H,28,36)(H,29,35)(H,30,38)(H,31,37);2*1H/t16-;;/m0../s1. The van der Waals surface area contributed by atoms with Gasteiger partial charge in [0.05, 0.1) is 28.9 Å². The maximum absolute atomic E-state index is 12.9. The fourth-order valence-electron chi connectivity index (χ4n) is 3.69. The van der Waals surface area contributed by atoms with Crippen molar-refractivity contribution in [2.24, 2.45) is 32.6 Å². The highest BCUT2D eigenvalue weighted by Gasteiger charge is 2.19. The second kappa shape index (κ2) is 15.2. The minimum atomic E-state index is -0.780. The average molecular weight is 630 g/mol. The smallest absolute Gasteiger partial charge is 0.272 e. The first-order chi connectivity index (χ1) is 18.4. The van der Waals surface area contributed by atoms with E-state index in [0.29, 0.717) is 22.8 Å². The number of amidine groups is 1.